The summed E-state index contributed by atoms with van der Waals surface area (Å²) in [7, 11) is 3.20. The standard InChI is InChI=1S/C15H17ClN2O5/c1-18(2)14(20)9-7-8(3-4-10(9)16)17-13(19)11-5-6-12(23-11)15(21)22/h3-4,7,11-12H,5-6H2,1-2H3,(H,17,19)(H,21,22)/t11-,12+/m0/s1. The van der Waals surface area contributed by atoms with Gasteiger partial charge in [0.15, 0.2) is 6.10 Å². The predicted octanol–water partition coefficient (Wildman–Crippen LogP) is 1.61. The van der Waals surface area contributed by atoms with Gasteiger partial charge in [-0.25, -0.2) is 4.79 Å². The van der Waals surface area contributed by atoms with E-state index >= 15 is 0 Å². The smallest absolute Gasteiger partial charge is 0.332 e. The molecule has 1 fully saturated rings. The number of nitrogens with one attached hydrogen (secondary N) is 1. The van der Waals surface area contributed by atoms with Gasteiger partial charge in [-0.3, -0.25) is 9.59 Å². The fourth-order valence-corrected chi connectivity index (χ4v) is 2.44. The fraction of sp³-hybridized carbons (Fsp3) is 0.400. The molecule has 0 saturated carbocycles. The van der Waals surface area contributed by atoms with Gasteiger partial charge in [0.25, 0.3) is 11.8 Å². The lowest BCUT2D eigenvalue weighted by molar-refractivity contribution is -0.150. The largest absolute Gasteiger partial charge is 0.479 e. The Hall–Kier alpha value is -2.12. The Labute approximate surface area is 138 Å². The van der Waals surface area contributed by atoms with E-state index in [1.54, 1.807) is 20.2 Å². The monoisotopic (exact) mass is 340 g/mol. The molecule has 1 aromatic rings. The van der Waals surface area contributed by atoms with Gasteiger partial charge in [0.1, 0.15) is 6.10 Å². The Bertz CT molecular complexity index is 647. The first-order chi connectivity index (χ1) is 10.8. The van der Waals surface area contributed by atoms with Gasteiger partial charge in [-0.15, -0.1) is 0 Å². The predicted molar refractivity (Wildman–Crippen MR) is 83.6 cm³/mol. The lowest BCUT2D eigenvalue weighted by Gasteiger charge is -2.15. The number of hydrogen-bond donors (Lipinski definition) is 2. The Kier molecular flexibility index (Phi) is 5.23. The molecule has 1 aromatic carbocycles. The molecule has 2 N–H and O–H groups in total. The number of nitrogens with zero attached hydrogens (tertiary/aromatic N) is 1. The van der Waals surface area contributed by atoms with Crippen LogP contribution < -0.4 is 5.32 Å². The summed E-state index contributed by atoms with van der Waals surface area (Å²) < 4.78 is 5.18. The molecule has 1 saturated heterocycles. The summed E-state index contributed by atoms with van der Waals surface area (Å²) in [6.07, 6.45) is -1.15. The molecule has 2 amide bonds. The number of carbonyl (C=O) groups is 3. The highest BCUT2D eigenvalue weighted by Gasteiger charge is 2.34. The van der Waals surface area contributed by atoms with Crippen LogP contribution in [0.5, 0.6) is 0 Å². The third-order valence-electron chi connectivity index (χ3n) is 3.46. The summed E-state index contributed by atoms with van der Waals surface area (Å²) in [6, 6.07) is 4.56. The van der Waals surface area contributed by atoms with Gasteiger partial charge in [0, 0.05) is 19.8 Å². The van der Waals surface area contributed by atoms with Gasteiger partial charge >= 0.3 is 5.97 Å². The molecule has 124 valence electrons. The van der Waals surface area contributed by atoms with Crippen LogP contribution in [-0.2, 0) is 14.3 Å². The van der Waals surface area contributed by atoms with E-state index in [9.17, 15) is 14.4 Å². The van der Waals surface area contributed by atoms with E-state index in [-0.39, 0.29) is 16.5 Å². The highest BCUT2D eigenvalue weighted by Crippen LogP contribution is 2.24. The van der Waals surface area contributed by atoms with Crippen molar-refractivity contribution in [2.24, 2.45) is 0 Å². The summed E-state index contributed by atoms with van der Waals surface area (Å²) in [6.45, 7) is 0. The molecule has 7 nitrogen and oxygen atoms in total. The number of ether oxygens (including phenoxy) is 1. The number of amides is 2. The highest BCUT2D eigenvalue weighted by molar-refractivity contribution is 6.34. The van der Waals surface area contributed by atoms with Crippen LogP contribution in [0.15, 0.2) is 18.2 Å². The van der Waals surface area contributed by atoms with E-state index in [2.05, 4.69) is 5.32 Å². The third-order valence-corrected chi connectivity index (χ3v) is 3.79. The summed E-state index contributed by atoms with van der Waals surface area (Å²) in [5.74, 6) is -1.81. The van der Waals surface area contributed by atoms with Crippen molar-refractivity contribution in [1.82, 2.24) is 4.90 Å². The van der Waals surface area contributed by atoms with E-state index in [0.29, 0.717) is 18.5 Å². The molecule has 0 spiro atoms. The zero-order valence-electron chi connectivity index (χ0n) is 12.7. The minimum Gasteiger partial charge on any atom is -0.479 e. The zero-order valence-corrected chi connectivity index (χ0v) is 13.5. The topological polar surface area (TPSA) is 95.9 Å². The maximum absolute atomic E-state index is 12.1. The lowest BCUT2D eigenvalue weighted by Crippen LogP contribution is -2.30. The number of aliphatic carboxylic acids is 1. The molecular formula is C15H17ClN2O5. The average Bonchev–Trinajstić information content (AvgIpc) is 2.98. The number of carbonyl (C=O) groups excluding carboxylic acids is 2. The molecule has 0 unspecified atom stereocenters. The summed E-state index contributed by atoms with van der Waals surface area (Å²) in [4.78, 5) is 36.4. The van der Waals surface area contributed by atoms with Crippen molar-refractivity contribution in [3.05, 3.63) is 28.8 Å². The molecule has 0 aliphatic carbocycles. The minimum atomic E-state index is -1.08. The van der Waals surface area contributed by atoms with Crippen LogP contribution in [0.2, 0.25) is 5.02 Å². The van der Waals surface area contributed by atoms with Crippen LogP contribution in [0, 0.1) is 0 Å². The molecule has 0 bridgehead atoms. The molecule has 2 rings (SSSR count). The second-order valence-corrected chi connectivity index (χ2v) is 5.82. The van der Waals surface area contributed by atoms with E-state index < -0.39 is 24.1 Å². The molecule has 0 aromatic heterocycles. The first kappa shape index (κ1) is 17.2. The van der Waals surface area contributed by atoms with Crippen molar-refractivity contribution in [1.29, 1.82) is 0 Å². The Morgan fingerprint density at radius 2 is 1.91 bits per heavy atom. The fourth-order valence-electron chi connectivity index (χ4n) is 2.24. The van der Waals surface area contributed by atoms with E-state index in [1.165, 1.54) is 17.0 Å². The molecule has 23 heavy (non-hydrogen) atoms. The van der Waals surface area contributed by atoms with Gasteiger partial charge in [0.05, 0.1) is 10.6 Å². The van der Waals surface area contributed by atoms with Gasteiger partial charge in [-0.05, 0) is 31.0 Å². The molecular weight excluding hydrogens is 324 g/mol. The molecule has 2 atom stereocenters. The van der Waals surface area contributed by atoms with Gasteiger partial charge in [-0.1, -0.05) is 11.6 Å². The lowest BCUT2D eigenvalue weighted by atomic mass is 10.1. The second kappa shape index (κ2) is 6.97. The summed E-state index contributed by atoms with van der Waals surface area (Å²) in [5.41, 5.74) is 0.664. The van der Waals surface area contributed by atoms with Crippen LogP contribution in [0.25, 0.3) is 0 Å². The SMILES string of the molecule is CN(C)C(=O)c1cc(NC(=O)[C@@H]2CC[C@H](C(=O)O)O2)ccc1Cl. The first-order valence-electron chi connectivity index (χ1n) is 7.00. The Morgan fingerprint density at radius 3 is 2.48 bits per heavy atom. The van der Waals surface area contributed by atoms with Gasteiger partial charge in [-0.2, -0.15) is 0 Å². The molecule has 1 heterocycles. The quantitative estimate of drug-likeness (QED) is 0.868. The van der Waals surface area contributed by atoms with Crippen LogP contribution in [0.1, 0.15) is 23.2 Å². The number of hydrogen-bond acceptors (Lipinski definition) is 4. The van der Waals surface area contributed by atoms with Crippen LogP contribution in [-0.4, -0.2) is 54.1 Å². The number of carboxylic acids is 1. The zero-order chi connectivity index (χ0) is 17.1. The number of rotatable bonds is 4. The summed E-state index contributed by atoms with van der Waals surface area (Å²) >= 11 is 6.00. The summed E-state index contributed by atoms with van der Waals surface area (Å²) in [5, 5.41) is 11.8. The molecule has 0 radical (unpaired) electrons. The van der Waals surface area contributed by atoms with E-state index in [1.807, 2.05) is 0 Å². The Morgan fingerprint density at radius 1 is 1.26 bits per heavy atom. The minimum absolute atomic E-state index is 0.269. The maximum atomic E-state index is 12.1. The van der Waals surface area contributed by atoms with Crippen LogP contribution in [0.3, 0.4) is 0 Å². The van der Waals surface area contributed by atoms with Gasteiger partial charge in [0.2, 0.25) is 0 Å². The third kappa shape index (κ3) is 4.00. The first-order valence-corrected chi connectivity index (χ1v) is 7.37. The van der Waals surface area contributed by atoms with Gasteiger partial charge < -0.3 is 20.1 Å². The van der Waals surface area contributed by atoms with Crippen molar-refractivity contribution in [3.8, 4) is 0 Å². The average molecular weight is 341 g/mol. The number of carboxylic acid groups (broad SMARTS) is 1. The Balaban J connectivity index is 2.09. The van der Waals surface area contributed by atoms with Crippen molar-refractivity contribution in [2.45, 2.75) is 25.0 Å². The van der Waals surface area contributed by atoms with E-state index in [4.69, 9.17) is 21.4 Å². The number of benzene rings is 1. The van der Waals surface area contributed by atoms with Crippen LogP contribution in [0.4, 0.5) is 5.69 Å². The van der Waals surface area contributed by atoms with E-state index in [0.717, 1.165) is 0 Å². The maximum Gasteiger partial charge on any atom is 0.332 e. The van der Waals surface area contributed by atoms with Crippen molar-refractivity contribution in [3.63, 3.8) is 0 Å². The molecule has 8 heteroatoms. The number of halogens is 1. The second-order valence-electron chi connectivity index (χ2n) is 5.41. The van der Waals surface area contributed by atoms with Crippen molar-refractivity contribution >= 4 is 35.1 Å². The van der Waals surface area contributed by atoms with Crippen molar-refractivity contribution < 1.29 is 24.2 Å². The van der Waals surface area contributed by atoms with Crippen molar-refractivity contribution in [2.75, 3.05) is 19.4 Å². The van der Waals surface area contributed by atoms with Crippen LogP contribution >= 0.6 is 11.6 Å². The normalized spacial score (nSPS) is 20.1. The highest BCUT2D eigenvalue weighted by atomic mass is 35.5. The number of anilines is 1. The molecule has 1 aliphatic heterocycles. The molecule has 1 aliphatic rings.